The molecular weight excluding hydrogens is 547 g/mol. The third kappa shape index (κ3) is 4.28. The lowest BCUT2D eigenvalue weighted by Crippen LogP contribution is -2.30. The second-order valence-corrected chi connectivity index (χ2v) is 10.1. The van der Waals surface area contributed by atoms with Crippen molar-refractivity contribution in [3.8, 4) is 11.5 Å². The molecule has 5 rings (SSSR count). The van der Waals surface area contributed by atoms with Gasteiger partial charge in [-0.05, 0) is 75.3 Å². The van der Waals surface area contributed by atoms with Gasteiger partial charge in [-0.3, -0.25) is 0 Å². The Hall–Kier alpha value is -2.28. The van der Waals surface area contributed by atoms with Gasteiger partial charge in [0.05, 0.1) is 33.4 Å². The van der Waals surface area contributed by atoms with Crippen LogP contribution in [0.1, 0.15) is 35.1 Å². The molecule has 34 heavy (non-hydrogen) atoms. The van der Waals surface area contributed by atoms with Gasteiger partial charge < -0.3 is 14.8 Å². The van der Waals surface area contributed by atoms with Crippen LogP contribution in [0.15, 0.2) is 59.1 Å². The number of allylic oxidation sites excluding steroid dienone is 2. The summed E-state index contributed by atoms with van der Waals surface area (Å²) in [6.07, 6.45) is 4.91. The molecule has 8 heteroatoms. The highest BCUT2D eigenvalue weighted by atomic mass is 79.9. The van der Waals surface area contributed by atoms with E-state index >= 15 is 0 Å². The maximum absolute atomic E-state index is 14.7. The molecule has 0 bridgehead atoms. The average molecular weight is 567 g/mol. The molecule has 0 saturated carbocycles. The van der Waals surface area contributed by atoms with Gasteiger partial charge in [-0.1, -0.05) is 41.4 Å². The number of anilines is 1. The number of benzene rings is 3. The predicted molar refractivity (Wildman–Crippen MR) is 134 cm³/mol. The minimum atomic E-state index is -0.591. The second-order valence-electron chi connectivity index (χ2n) is 8.40. The number of halogens is 5. The molecule has 2 aliphatic rings. The molecule has 1 aliphatic carbocycles. The number of fused-ring (bicyclic) bond motifs is 3. The van der Waals surface area contributed by atoms with Gasteiger partial charge in [0.1, 0.15) is 18.2 Å². The van der Waals surface area contributed by atoms with Crippen molar-refractivity contribution in [2.75, 3.05) is 12.4 Å². The van der Waals surface area contributed by atoms with Gasteiger partial charge in [0.25, 0.3) is 0 Å². The summed E-state index contributed by atoms with van der Waals surface area (Å²) in [5.41, 5.74) is 2.77. The summed E-state index contributed by atoms with van der Waals surface area (Å²) in [7, 11) is 1.57. The van der Waals surface area contributed by atoms with Crippen LogP contribution in [0, 0.1) is 17.6 Å². The van der Waals surface area contributed by atoms with Crippen molar-refractivity contribution in [1.82, 2.24) is 0 Å². The molecule has 0 fully saturated rings. The molecule has 0 amide bonds. The SMILES string of the molecule is COc1cc([C@@H]2Nc3c(F)cc(F)cc3[C@@H]3C=CC[C@H]32)cc(Br)c1OCc1ccc(Cl)c(Cl)c1. The second kappa shape index (κ2) is 9.40. The first kappa shape index (κ1) is 23.5. The molecule has 0 aromatic heterocycles. The Morgan fingerprint density at radius 3 is 2.68 bits per heavy atom. The molecule has 3 aromatic carbocycles. The van der Waals surface area contributed by atoms with Crippen molar-refractivity contribution < 1.29 is 18.3 Å². The Morgan fingerprint density at radius 1 is 1.09 bits per heavy atom. The lowest BCUT2D eigenvalue weighted by Gasteiger charge is -2.38. The summed E-state index contributed by atoms with van der Waals surface area (Å²) in [6, 6.07) is 11.3. The van der Waals surface area contributed by atoms with E-state index in [1.807, 2.05) is 24.3 Å². The lowest BCUT2D eigenvalue weighted by molar-refractivity contribution is 0.282. The Morgan fingerprint density at radius 2 is 1.91 bits per heavy atom. The van der Waals surface area contributed by atoms with Gasteiger partial charge in [-0.25, -0.2) is 8.78 Å². The topological polar surface area (TPSA) is 30.5 Å². The zero-order valence-electron chi connectivity index (χ0n) is 18.0. The molecule has 176 valence electrons. The number of methoxy groups -OCH3 is 1. The highest BCUT2D eigenvalue weighted by Crippen LogP contribution is 2.52. The Bertz CT molecular complexity index is 1300. The average Bonchev–Trinajstić information content (AvgIpc) is 3.30. The summed E-state index contributed by atoms with van der Waals surface area (Å²) < 4.78 is 41.0. The van der Waals surface area contributed by atoms with Crippen molar-refractivity contribution in [3.05, 3.63) is 97.5 Å². The van der Waals surface area contributed by atoms with Crippen molar-refractivity contribution in [3.63, 3.8) is 0 Å². The fraction of sp³-hybridized carbons (Fsp3) is 0.231. The molecule has 1 heterocycles. The van der Waals surface area contributed by atoms with E-state index in [0.29, 0.717) is 37.3 Å². The monoisotopic (exact) mass is 565 g/mol. The first-order valence-electron chi connectivity index (χ1n) is 10.7. The molecule has 0 spiro atoms. The van der Waals surface area contributed by atoms with Crippen LogP contribution < -0.4 is 14.8 Å². The summed E-state index contributed by atoms with van der Waals surface area (Å²) in [4.78, 5) is 0. The smallest absolute Gasteiger partial charge is 0.175 e. The molecule has 0 radical (unpaired) electrons. The van der Waals surface area contributed by atoms with E-state index in [1.165, 1.54) is 6.07 Å². The molecule has 0 unspecified atom stereocenters. The minimum absolute atomic E-state index is 0.0678. The van der Waals surface area contributed by atoms with Crippen molar-refractivity contribution in [2.24, 2.45) is 5.92 Å². The van der Waals surface area contributed by atoms with Crippen LogP contribution in [0.25, 0.3) is 0 Å². The van der Waals surface area contributed by atoms with Crippen LogP contribution in [0.4, 0.5) is 14.5 Å². The van der Waals surface area contributed by atoms with E-state index in [2.05, 4.69) is 27.3 Å². The predicted octanol–water partition coefficient (Wildman–Crippen LogP) is 8.45. The first-order chi connectivity index (χ1) is 16.4. The summed E-state index contributed by atoms with van der Waals surface area (Å²) in [6.45, 7) is 0.269. The van der Waals surface area contributed by atoms with E-state index in [0.717, 1.165) is 23.6 Å². The maximum atomic E-state index is 14.7. The van der Waals surface area contributed by atoms with Crippen LogP contribution in [-0.2, 0) is 6.61 Å². The molecular formula is C26H20BrCl2F2NO2. The molecule has 3 aromatic rings. The third-order valence-electron chi connectivity index (χ3n) is 6.36. The number of hydrogen-bond donors (Lipinski definition) is 1. The van der Waals surface area contributed by atoms with Crippen molar-refractivity contribution in [2.45, 2.75) is 25.0 Å². The molecule has 3 atom stereocenters. The summed E-state index contributed by atoms with van der Waals surface area (Å²) in [5, 5.41) is 4.26. The maximum Gasteiger partial charge on any atom is 0.175 e. The normalized spacial score (nSPS) is 20.5. The van der Waals surface area contributed by atoms with Gasteiger partial charge in [-0.15, -0.1) is 0 Å². The van der Waals surface area contributed by atoms with Crippen molar-refractivity contribution in [1.29, 1.82) is 0 Å². The zero-order valence-corrected chi connectivity index (χ0v) is 21.1. The standard InChI is InChI=1S/C26H20BrCl2F2NO2/c1-33-23-9-14(8-19(27)26(23)34-12-13-5-6-20(28)21(29)7-13)24-17-4-2-3-16(17)18-10-15(30)11-22(31)25(18)32-24/h2-3,5-11,16-17,24,32H,4,12H2,1H3/t16-,17-,24+/m1/s1. The molecule has 0 saturated heterocycles. The Labute approximate surface area is 214 Å². The van der Waals surface area contributed by atoms with Gasteiger partial charge in [0.15, 0.2) is 11.5 Å². The fourth-order valence-electron chi connectivity index (χ4n) is 4.80. The lowest BCUT2D eigenvalue weighted by atomic mass is 9.77. The molecule has 1 aliphatic heterocycles. The number of hydrogen-bond acceptors (Lipinski definition) is 3. The molecule has 3 nitrogen and oxygen atoms in total. The van der Waals surface area contributed by atoms with Gasteiger partial charge >= 0.3 is 0 Å². The number of ether oxygens (including phenoxy) is 2. The molecule has 1 N–H and O–H groups in total. The fourth-order valence-corrected chi connectivity index (χ4v) is 5.69. The largest absolute Gasteiger partial charge is 0.493 e. The van der Waals surface area contributed by atoms with Gasteiger partial charge in [0.2, 0.25) is 0 Å². The van der Waals surface area contributed by atoms with Gasteiger partial charge in [0, 0.05) is 12.0 Å². The first-order valence-corrected chi connectivity index (χ1v) is 12.3. The third-order valence-corrected chi connectivity index (χ3v) is 7.69. The Balaban J connectivity index is 1.46. The van der Waals surface area contributed by atoms with Crippen LogP contribution in [-0.4, -0.2) is 7.11 Å². The minimum Gasteiger partial charge on any atom is -0.493 e. The number of rotatable bonds is 5. The quantitative estimate of drug-likeness (QED) is 0.314. The van der Waals surface area contributed by atoms with E-state index in [9.17, 15) is 8.78 Å². The van der Waals surface area contributed by atoms with Crippen LogP contribution >= 0.6 is 39.1 Å². The van der Waals surface area contributed by atoms with Crippen LogP contribution in [0.3, 0.4) is 0 Å². The van der Waals surface area contributed by atoms with Gasteiger partial charge in [-0.2, -0.15) is 0 Å². The van der Waals surface area contributed by atoms with E-state index < -0.39 is 11.6 Å². The Kier molecular flexibility index (Phi) is 6.49. The van der Waals surface area contributed by atoms with Crippen molar-refractivity contribution >= 4 is 44.8 Å². The zero-order chi connectivity index (χ0) is 24.0. The van der Waals surface area contributed by atoms with E-state index in [1.54, 1.807) is 19.2 Å². The highest BCUT2D eigenvalue weighted by molar-refractivity contribution is 9.10. The van der Waals surface area contributed by atoms with E-state index in [-0.39, 0.29) is 24.5 Å². The number of nitrogens with one attached hydrogen (secondary N) is 1. The van der Waals surface area contributed by atoms with Crippen LogP contribution in [0.2, 0.25) is 10.0 Å². The summed E-state index contributed by atoms with van der Waals surface area (Å²) >= 11 is 15.7. The highest BCUT2D eigenvalue weighted by Gasteiger charge is 2.39. The van der Waals surface area contributed by atoms with Crippen LogP contribution in [0.5, 0.6) is 11.5 Å². The van der Waals surface area contributed by atoms with E-state index in [4.69, 9.17) is 32.7 Å². The summed E-state index contributed by atoms with van der Waals surface area (Å²) in [5.74, 6) is -0.0214.